The SMILES string of the molecule is FC(F)(F)c1ccccc1OCc1ccc(COc2cccc3ccccc23)c(C2=CCNCC2)c1. The van der Waals surface area contributed by atoms with Crippen LogP contribution in [0.1, 0.15) is 28.7 Å². The maximum absolute atomic E-state index is 13.3. The lowest BCUT2D eigenvalue weighted by molar-refractivity contribution is -0.139. The van der Waals surface area contributed by atoms with Gasteiger partial charge < -0.3 is 14.8 Å². The van der Waals surface area contributed by atoms with Crippen molar-refractivity contribution in [1.82, 2.24) is 5.32 Å². The monoisotopic (exact) mass is 489 g/mol. The van der Waals surface area contributed by atoms with Gasteiger partial charge >= 0.3 is 6.18 Å². The minimum absolute atomic E-state index is 0.0378. The zero-order valence-electron chi connectivity index (χ0n) is 19.6. The maximum atomic E-state index is 13.3. The average Bonchev–Trinajstić information content (AvgIpc) is 2.91. The largest absolute Gasteiger partial charge is 0.488 e. The lowest BCUT2D eigenvalue weighted by atomic mass is 9.94. The summed E-state index contributed by atoms with van der Waals surface area (Å²) in [5.41, 5.74) is 3.29. The Morgan fingerprint density at radius 1 is 0.778 bits per heavy atom. The fraction of sp³-hybridized carbons (Fsp3) is 0.200. The van der Waals surface area contributed by atoms with E-state index < -0.39 is 11.7 Å². The zero-order valence-corrected chi connectivity index (χ0v) is 19.6. The maximum Gasteiger partial charge on any atom is 0.419 e. The van der Waals surface area contributed by atoms with Gasteiger partial charge in [0.15, 0.2) is 0 Å². The summed E-state index contributed by atoms with van der Waals surface area (Å²) in [6.45, 7) is 2.07. The molecule has 5 rings (SSSR count). The van der Waals surface area contributed by atoms with E-state index in [1.165, 1.54) is 17.7 Å². The molecule has 184 valence electrons. The second kappa shape index (κ2) is 10.5. The van der Waals surface area contributed by atoms with Crippen molar-refractivity contribution in [3.05, 3.63) is 113 Å². The normalized spacial score (nSPS) is 13.9. The van der Waals surface area contributed by atoms with Crippen molar-refractivity contribution in [3.63, 3.8) is 0 Å². The first-order valence-corrected chi connectivity index (χ1v) is 11.9. The summed E-state index contributed by atoms with van der Waals surface area (Å²) < 4.78 is 51.9. The summed E-state index contributed by atoms with van der Waals surface area (Å²) >= 11 is 0. The number of fused-ring (bicyclic) bond motifs is 1. The fourth-order valence-electron chi connectivity index (χ4n) is 4.47. The van der Waals surface area contributed by atoms with Gasteiger partial charge in [0.05, 0.1) is 5.56 Å². The fourth-order valence-corrected chi connectivity index (χ4v) is 4.47. The van der Waals surface area contributed by atoms with Gasteiger partial charge in [-0.1, -0.05) is 66.7 Å². The molecule has 0 spiro atoms. The highest BCUT2D eigenvalue weighted by Gasteiger charge is 2.34. The zero-order chi connectivity index (χ0) is 25.0. The van der Waals surface area contributed by atoms with Crippen LogP contribution in [0.15, 0.2) is 91.0 Å². The van der Waals surface area contributed by atoms with E-state index in [9.17, 15) is 13.2 Å². The number of ether oxygens (including phenoxy) is 2. The molecular weight excluding hydrogens is 463 g/mol. The minimum atomic E-state index is -4.47. The van der Waals surface area contributed by atoms with Gasteiger partial charge in [0, 0.05) is 11.9 Å². The Morgan fingerprint density at radius 2 is 1.53 bits per heavy atom. The smallest absolute Gasteiger partial charge is 0.419 e. The molecule has 0 aliphatic carbocycles. The van der Waals surface area contributed by atoms with Gasteiger partial charge in [0.1, 0.15) is 24.7 Å². The van der Waals surface area contributed by atoms with E-state index in [0.29, 0.717) is 6.61 Å². The van der Waals surface area contributed by atoms with Gasteiger partial charge in [-0.2, -0.15) is 13.2 Å². The van der Waals surface area contributed by atoms with Crippen molar-refractivity contribution in [2.75, 3.05) is 13.1 Å². The van der Waals surface area contributed by atoms with Crippen LogP contribution in [-0.4, -0.2) is 13.1 Å². The molecule has 1 N–H and O–H groups in total. The number of rotatable bonds is 7. The van der Waals surface area contributed by atoms with Gasteiger partial charge in [-0.15, -0.1) is 0 Å². The summed E-state index contributed by atoms with van der Waals surface area (Å²) in [4.78, 5) is 0. The number of benzene rings is 4. The quantitative estimate of drug-likeness (QED) is 0.294. The van der Waals surface area contributed by atoms with Crippen molar-refractivity contribution in [2.24, 2.45) is 0 Å². The predicted molar refractivity (Wildman–Crippen MR) is 136 cm³/mol. The lowest BCUT2D eigenvalue weighted by Gasteiger charge is -2.20. The number of alkyl halides is 3. The third-order valence-electron chi connectivity index (χ3n) is 6.30. The molecule has 6 heteroatoms. The van der Waals surface area contributed by atoms with E-state index in [1.54, 1.807) is 6.07 Å². The Hall–Kier alpha value is -3.77. The molecular formula is C30H26F3NO2. The van der Waals surface area contributed by atoms with Crippen molar-refractivity contribution in [3.8, 4) is 11.5 Å². The van der Waals surface area contributed by atoms with E-state index in [2.05, 4.69) is 23.5 Å². The Balaban J connectivity index is 1.40. The summed E-state index contributed by atoms with van der Waals surface area (Å²) in [6.07, 6.45) is -1.45. The molecule has 0 bridgehead atoms. The molecule has 0 atom stereocenters. The number of hydrogen-bond donors (Lipinski definition) is 1. The standard InChI is InChI=1S/C30H26F3NO2/c31-30(32,33)27-9-3-4-10-29(27)35-19-21-12-13-24(26(18-21)23-14-16-34-17-15-23)20-36-28-11-5-7-22-6-1-2-8-25(22)28/h1-14,18,34H,15-17,19-20H2. The van der Waals surface area contributed by atoms with E-state index in [4.69, 9.17) is 9.47 Å². The third-order valence-corrected chi connectivity index (χ3v) is 6.30. The van der Waals surface area contributed by atoms with Gasteiger partial charge in [-0.3, -0.25) is 0 Å². The first kappa shape index (κ1) is 23.9. The molecule has 3 nitrogen and oxygen atoms in total. The van der Waals surface area contributed by atoms with Gasteiger partial charge in [-0.25, -0.2) is 0 Å². The second-order valence-corrected chi connectivity index (χ2v) is 8.72. The molecule has 4 aromatic carbocycles. The first-order valence-electron chi connectivity index (χ1n) is 11.9. The van der Waals surface area contributed by atoms with Crippen molar-refractivity contribution >= 4 is 16.3 Å². The number of para-hydroxylation sites is 1. The molecule has 1 aliphatic heterocycles. The molecule has 0 radical (unpaired) electrons. The number of halogens is 3. The molecule has 36 heavy (non-hydrogen) atoms. The average molecular weight is 490 g/mol. The Labute approximate surface area is 208 Å². The van der Waals surface area contributed by atoms with E-state index in [0.717, 1.165) is 58.8 Å². The lowest BCUT2D eigenvalue weighted by Crippen LogP contribution is -2.20. The van der Waals surface area contributed by atoms with Crippen LogP contribution in [0.4, 0.5) is 13.2 Å². The second-order valence-electron chi connectivity index (χ2n) is 8.72. The molecule has 0 unspecified atom stereocenters. The Morgan fingerprint density at radius 3 is 2.36 bits per heavy atom. The molecule has 0 fully saturated rings. The molecule has 0 saturated heterocycles. The highest BCUT2D eigenvalue weighted by molar-refractivity contribution is 5.88. The van der Waals surface area contributed by atoms with Crippen LogP contribution in [0, 0.1) is 0 Å². The van der Waals surface area contributed by atoms with E-state index >= 15 is 0 Å². The van der Waals surface area contributed by atoms with Gasteiger partial charge in [-0.05, 0) is 64.9 Å². The highest BCUT2D eigenvalue weighted by Crippen LogP contribution is 2.36. The van der Waals surface area contributed by atoms with Crippen LogP contribution >= 0.6 is 0 Å². The minimum Gasteiger partial charge on any atom is -0.488 e. The Kier molecular flexibility index (Phi) is 6.96. The molecule has 4 aromatic rings. The van der Waals surface area contributed by atoms with E-state index in [-0.39, 0.29) is 12.4 Å². The third kappa shape index (κ3) is 5.39. The molecule has 1 aliphatic rings. The van der Waals surface area contributed by atoms with Crippen molar-refractivity contribution in [2.45, 2.75) is 25.8 Å². The molecule has 0 amide bonds. The summed E-state index contributed by atoms with van der Waals surface area (Å²) in [6, 6.07) is 25.3. The van der Waals surface area contributed by atoms with Gasteiger partial charge in [0.2, 0.25) is 0 Å². The topological polar surface area (TPSA) is 30.5 Å². The van der Waals surface area contributed by atoms with Crippen LogP contribution < -0.4 is 14.8 Å². The summed E-state index contributed by atoms with van der Waals surface area (Å²) in [7, 11) is 0. The van der Waals surface area contributed by atoms with E-state index in [1.807, 2.05) is 48.5 Å². The van der Waals surface area contributed by atoms with Crippen LogP contribution in [0.5, 0.6) is 11.5 Å². The van der Waals surface area contributed by atoms with Gasteiger partial charge in [0.25, 0.3) is 0 Å². The van der Waals surface area contributed by atoms with Crippen LogP contribution in [0.3, 0.4) is 0 Å². The number of nitrogens with one attached hydrogen (secondary N) is 1. The predicted octanol–water partition coefficient (Wildman–Crippen LogP) is 7.39. The summed E-state index contributed by atoms with van der Waals surface area (Å²) in [5.74, 6) is 0.644. The first-order chi connectivity index (χ1) is 17.5. The van der Waals surface area contributed by atoms with Crippen molar-refractivity contribution in [1.29, 1.82) is 0 Å². The van der Waals surface area contributed by atoms with Crippen LogP contribution in [-0.2, 0) is 19.4 Å². The number of hydrogen-bond acceptors (Lipinski definition) is 3. The summed E-state index contributed by atoms with van der Waals surface area (Å²) in [5, 5.41) is 5.49. The molecule has 0 aromatic heterocycles. The van der Waals surface area contributed by atoms with Crippen LogP contribution in [0.25, 0.3) is 16.3 Å². The van der Waals surface area contributed by atoms with Crippen molar-refractivity contribution < 1.29 is 22.6 Å². The highest BCUT2D eigenvalue weighted by atomic mass is 19.4. The Bertz CT molecular complexity index is 1390. The van der Waals surface area contributed by atoms with Crippen LogP contribution in [0.2, 0.25) is 0 Å². The molecule has 1 heterocycles. The molecule has 0 saturated carbocycles.